The Morgan fingerprint density at radius 1 is 0.415 bits per heavy atom. The zero-order valence-corrected chi connectivity index (χ0v) is 22.8. The molecule has 0 aliphatic carbocycles. The van der Waals surface area contributed by atoms with Crippen LogP contribution in [0.2, 0.25) is 0 Å². The molecular formula is C39H28N2. The van der Waals surface area contributed by atoms with Gasteiger partial charge in [-0.3, -0.25) is 0 Å². The molecule has 0 aliphatic rings. The smallest absolute Gasteiger partial charge is 0.0626 e. The van der Waals surface area contributed by atoms with Crippen LogP contribution in [0.15, 0.2) is 152 Å². The van der Waals surface area contributed by atoms with Gasteiger partial charge in [0.25, 0.3) is 0 Å². The molecule has 0 spiro atoms. The van der Waals surface area contributed by atoms with Crippen molar-refractivity contribution in [3.8, 4) is 16.8 Å². The Morgan fingerprint density at radius 2 is 0.951 bits per heavy atom. The van der Waals surface area contributed by atoms with Gasteiger partial charge in [0, 0.05) is 45.8 Å². The Labute approximate surface area is 239 Å². The molecule has 8 rings (SSSR count). The normalized spacial score (nSPS) is 11.5. The van der Waals surface area contributed by atoms with Crippen LogP contribution in [0.4, 0.5) is 11.4 Å². The van der Waals surface area contributed by atoms with E-state index in [4.69, 9.17) is 0 Å². The lowest BCUT2D eigenvalue weighted by atomic mass is 9.96. The molecule has 194 valence electrons. The van der Waals surface area contributed by atoms with E-state index in [0.717, 1.165) is 5.69 Å². The molecule has 2 nitrogen and oxygen atoms in total. The summed E-state index contributed by atoms with van der Waals surface area (Å²) in [6.45, 7) is 0. The van der Waals surface area contributed by atoms with Crippen molar-refractivity contribution in [2.75, 3.05) is 11.9 Å². The lowest BCUT2D eigenvalue weighted by Crippen LogP contribution is -2.08. The molecule has 0 atom stereocenters. The van der Waals surface area contributed by atoms with E-state index in [1.54, 1.807) is 0 Å². The van der Waals surface area contributed by atoms with Crippen LogP contribution in [-0.2, 0) is 0 Å². The highest BCUT2D eigenvalue weighted by Gasteiger charge is 2.21. The summed E-state index contributed by atoms with van der Waals surface area (Å²) >= 11 is 0. The fraction of sp³-hybridized carbons (Fsp3) is 0.0256. The van der Waals surface area contributed by atoms with Crippen LogP contribution in [-0.4, -0.2) is 11.6 Å². The Morgan fingerprint density at radius 3 is 1.66 bits per heavy atom. The number of nitrogens with zero attached hydrogens (tertiary/aromatic N) is 2. The van der Waals surface area contributed by atoms with Crippen molar-refractivity contribution in [1.82, 2.24) is 4.57 Å². The molecule has 2 heteroatoms. The number of rotatable bonds is 4. The van der Waals surface area contributed by atoms with E-state index in [1.165, 1.54) is 65.9 Å². The van der Waals surface area contributed by atoms with Crippen molar-refractivity contribution in [2.24, 2.45) is 0 Å². The molecule has 8 aromatic rings. The molecule has 1 heterocycles. The minimum absolute atomic E-state index is 1.16. The van der Waals surface area contributed by atoms with Crippen LogP contribution >= 0.6 is 0 Å². The molecule has 0 saturated heterocycles. The van der Waals surface area contributed by atoms with Gasteiger partial charge in [-0.1, -0.05) is 115 Å². The van der Waals surface area contributed by atoms with Gasteiger partial charge in [0.05, 0.1) is 11.0 Å². The predicted octanol–water partition coefficient (Wildman–Crippen LogP) is 10.5. The lowest BCUT2D eigenvalue weighted by molar-refractivity contribution is 1.19. The summed E-state index contributed by atoms with van der Waals surface area (Å²) in [7, 11) is 2.12. The van der Waals surface area contributed by atoms with Crippen LogP contribution in [0.25, 0.3) is 60.2 Å². The number of aromatic nitrogens is 1. The number of para-hydroxylation sites is 3. The quantitative estimate of drug-likeness (QED) is 0.208. The van der Waals surface area contributed by atoms with Gasteiger partial charge in [-0.25, -0.2) is 0 Å². The first-order chi connectivity index (χ1) is 20.3. The first-order valence-corrected chi connectivity index (χ1v) is 14.1. The highest BCUT2D eigenvalue weighted by atomic mass is 15.1. The third-order valence-electron chi connectivity index (χ3n) is 8.38. The summed E-state index contributed by atoms with van der Waals surface area (Å²) in [5, 5.41) is 7.71. The molecule has 0 amide bonds. The molecular weight excluding hydrogens is 496 g/mol. The number of benzene rings is 7. The molecule has 7 aromatic carbocycles. The zero-order chi connectivity index (χ0) is 27.3. The Kier molecular flexibility index (Phi) is 5.39. The molecule has 0 radical (unpaired) electrons. The van der Waals surface area contributed by atoms with E-state index in [2.05, 4.69) is 168 Å². The number of fused-ring (bicyclic) bond motifs is 8. The first kappa shape index (κ1) is 23.5. The summed E-state index contributed by atoms with van der Waals surface area (Å²) in [5.74, 6) is 0. The molecule has 0 fully saturated rings. The standard InChI is InChI=1S/C39H28N2/c1-40(28-13-4-2-5-14-28)29-25-23-27(24-26-29)31-21-12-22-36-37-34-19-10-8-17-32(34)33-18-9-11-20-35(33)39(37)41(38(31)36)30-15-6-3-7-16-30/h2-26H,1H3. The van der Waals surface area contributed by atoms with Crippen molar-refractivity contribution < 1.29 is 0 Å². The van der Waals surface area contributed by atoms with Crippen molar-refractivity contribution in [3.63, 3.8) is 0 Å². The van der Waals surface area contributed by atoms with Crippen LogP contribution in [0.1, 0.15) is 0 Å². The SMILES string of the molecule is CN(c1ccccc1)c1ccc(-c2cccc3c4c5ccccc5c5ccccc5c4n(-c4ccccc4)c23)cc1. The zero-order valence-electron chi connectivity index (χ0n) is 22.8. The molecule has 0 bridgehead atoms. The van der Waals surface area contributed by atoms with Crippen LogP contribution in [0.3, 0.4) is 0 Å². The summed E-state index contributed by atoms with van der Waals surface area (Å²) in [4.78, 5) is 2.23. The highest BCUT2D eigenvalue weighted by Crippen LogP contribution is 2.45. The number of hydrogen-bond acceptors (Lipinski definition) is 1. The molecule has 0 N–H and O–H groups in total. The van der Waals surface area contributed by atoms with Gasteiger partial charge in [0.15, 0.2) is 0 Å². The third-order valence-corrected chi connectivity index (χ3v) is 8.38. The summed E-state index contributed by atoms with van der Waals surface area (Å²) in [6.07, 6.45) is 0. The summed E-state index contributed by atoms with van der Waals surface area (Å²) < 4.78 is 2.48. The van der Waals surface area contributed by atoms with E-state index in [1.807, 2.05) is 0 Å². The average Bonchev–Trinajstić information content (AvgIpc) is 3.41. The Balaban J connectivity index is 1.46. The van der Waals surface area contributed by atoms with Gasteiger partial charge in [-0.2, -0.15) is 0 Å². The van der Waals surface area contributed by atoms with Crippen LogP contribution in [0, 0.1) is 0 Å². The second-order valence-corrected chi connectivity index (χ2v) is 10.6. The van der Waals surface area contributed by atoms with Gasteiger partial charge < -0.3 is 9.47 Å². The maximum atomic E-state index is 2.48. The van der Waals surface area contributed by atoms with Gasteiger partial charge in [0.1, 0.15) is 0 Å². The largest absolute Gasteiger partial charge is 0.345 e. The fourth-order valence-corrected chi connectivity index (χ4v) is 6.46. The van der Waals surface area contributed by atoms with E-state index in [9.17, 15) is 0 Å². The van der Waals surface area contributed by atoms with Crippen molar-refractivity contribution in [1.29, 1.82) is 0 Å². The molecule has 1 aromatic heterocycles. The monoisotopic (exact) mass is 524 g/mol. The average molecular weight is 525 g/mol. The minimum atomic E-state index is 1.16. The maximum absolute atomic E-state index is 2.48. The van der Waals surface area contributed by atoms with Crippen LogP contribution in [0.5, 0.6) is 0 Å². The molecule has 0 unspecified atom stereocenters. The number of hydrogen-bond donors (Lipinski definition) is 0. The van der Waals surface area contributed by atoms with Gasteiger partial charge in [-0.15, -0.1) is 0 Å². The Hall–Kier alpha value is -5.34. The third kappa shape index (κ3) is 3.65. The van der Waals surface area contributed by atoms with Crippen molar-refractivity contribution >= 4 is 54.7 Å². The fourth-order valence-electron chi connectivity index (χ4n) is 6.46. The van der Waals surface area contributed by atoms with Gasteiger partial charge in [0.2, 0.25) is 0 Å². The second-order valence-electron chi connectivity index (χ2n) is 10.6. The van der Waals surface area contributed by atoms with E-state index < -0.39 is 0 Å². The number of anilines is 2. The first-order valence-electron chi connectivity index (χ1n) is 14.1. The highest BCUT2D eigenvalue weighted by molar-refractivity contribution is 6.33. The van der Waals surface area contributed by atoms with Gasteiger partial charge in [-0.05, 0) is 58.1 Å². The predicted molar refractivity (Wildman–Crippen MR) is 176 cm³/mol. The van der Waals surface area contributed by atoms with Crippen LogP contribution < -0.4 is 4.90 Å². The van der Waals surface area contributed by atoms with Gasteiger partial charge >= 0.3 is 0 Å². The molecule has 0 aliphatic heterocycles. The molecule has 0 saturated carbocycles. The lowest BCUT2D eigenvalue weighted by Gasteiger charge is -2.20. The van der Waals surface area contributed by atoms with Crippen molar-refractivity contribution in [2.45, 2.75) is 0 Å². The van der Waals surface area contributed by atoms with E-state index >= 15 is 0 Å². The Bertz CT molecular complexity index is 2190. The minimum Gasteiger partial charge on any atom is -0.345 e. The topological polar surface area (TPSA) is 8.17 Å². The van der Waals surface area contributed by atoms with E-state index in [-0.39, 0.29) is 0 Å². The maximum Gasteiger partial charge on any atom is 0.0626 e. The second kappa shape index (κ2) is 9.39. The molecule has 41 heavy (non-hydrogen) atoms. The summed E-state index contributed by atoms with van der Waals surface area (Å²) in [5.41, 5.74) is 8.42. The van der Waals surface area contributed by atoms with Crippen molar-refractivity contribution in [3.05, 3.63) is 152 Å². The summed E-state index contributed by atoms with van der Waals surface area (Å²) in [6, 6.07) is 54.7. The van der Waals surface area contributed by atoms with E-state index in [0.29, 0.717) is 0 Å².